The first-order chi connectivity index (χ1) is 8.38. The zero-order valence-electron chi connectivity index (χ0n) is 11.7. The lowest BCUT2D eigenvalue weighted by molar-refractivity contribution is -0.141. The van der Waals surface area contributed by atoms with Crippen LogP contribution in [0.25, 0.3) is 0 Å². The monoisotopic (exact) mass is 259 g/mol. The predicted octanol–water partition coefficient (Wildman–Crippen LogP) is 0.737. The number of likely N-dealkylation sites (N-methyl/N-ethyl adjacent to an activating group) is 1. The first-order valence-corrected chi connectivity index (χ1v) is 6.33. The van der Waals surface area contributed by atoms with E-state index in [2.05, 4.69) is 29.4 Å². The molecule has 2 amide bonds. The van der Waals surface area contributed by atoms with Crippen molar-refractivity contribution in [2.45, 2.75) is 33.2 Å². The van der Waals surface area contributed by atoms with Gasteiger partial charge in [0, 0.05) is 25.7 Å². The number of hydrogen-bond acceptors (Lipinski definition) is 3. The normalized spacial score (nSPS) is 12.6. The van der Waals surface area contributed by atoms with Crippen molar-refractivity contribution in [2.75, 3.05) is 26.7 Å². The summed E-state index contributed by atoms with van der Waals surface area (Å²) in [5.74, 6) is -1.40. The number of amides is 2. The summed E-state index contributed by atoms with van der Waals surface area (Å²) in [6, 6.07) is 0.123. The van der Waals surface area contributed by atoms with Gasteiger partial charge in [0.25, 0.3) is 0 Å². The van der Waals surface area contributed by atoms with Gasteiger partial charge in [0.2, 0.25) is 0 Å². The molecule has 0 rings (SSSR count). The molecule has 0 saturated heterocycles. The first kappa shape index (κ1) is 16.7. The summed E-state index contributed by atoms with van der Waals surface area (Å²) in [7, 11) is 1.99. The molecular formula is C12H25N3O3. The van der Waals surface area contributed by atoms with Gasteiger partial charge in [-0.25, -0.2) is 4.79 Å². The van der Waals surface area contributed by atoms with Gasteiger partial charge in [-0.1, -0.05) is 6.92 Å². The van der Waals surface area contributed by atoms with Crippen LogP contribution in [0.15, 0.2) is 0 Å². The Morgan fingerprint density at radius 3 is 2.33 bits per heavy atom. The molecule has 6 heteroatoms. The van der Waals surface area contributed by atoms with Gasteiger partial charge in [0.15, 0.2) is 0 Å². The number of carboxylic acid groups (broad SMARTS) is 1. The summed E-state index contributed by atoms with van der Waals surface area (Å²) in [5.41, 5.74) is 0. The zero-order valence-corrected chi connectivity index (χ0v) is 11.7. The van der Waals surface area contributed by atoms with Crippen LogP contribution in [0.5, 0.6) is 0 Å². The second-order valence-corrected chi connectivity index (χ2v) is 4.65. The smallest absolute Gasteiger partial charge is 0.314 e. The van der Waals surface area contributed by atoms with Gasteiger partial charge in [-0.05, 0) is 27.3 Å². The maximum absolute atomic E-state index is 11.4. The Morgan fingerprint density at radius 2 is 1.89 bits per heavy atom. The minimum atomic E-state index is -0.877. The summed E-state index contributed by atoms with van der Waals surface area (Å²) in [6.45, 7) is 7.43. The van der Waals surface area contributed by atoms with Gasteiger partial charge in [-0.2, -0.15) is 0 Å². The summed E-state index contributed by atoms with van der Waals surface area (Å²) in [4.78, 5) is 24.3. The molecule has 3 N–H and O–H groups in total. The van der Waals surface area contributed by atoms with Crippen molar-refractivity contribution in [1.29, 1.82) is 0 Å². The van der Waals surface area contributed by atoms with Gasteiger partial charge in [-0.15, -0.1) is 0 Å². The second kappa shape index (κ2) is 8.74. The van der Waals surface area contributed by atoms with Gasteiger partial charge in [-0.3, -0.25) is 4.79 Å². The van der Waals surface area contributed by atoms with E-state index in [-0.39, 0.29) is 12.6 Å². The topological polar surface area (TPSA) is 81.7 Å². The molecule has 0 aromatic rings. The molecule has 0 aromatic heterocycles. The van der Waals surface area contributed by atoms with Crippen LogP contribution >= 0.6 is 0 Å². The lowest BCUT2D eigenvalue weighted by atomic mass is 10.1. The van der Waals surface area contributed by atoms with Gasteiger partial charge < -0.3 is 20.6 Å². The van der Waals surface area contributed by atoms with Crippen LogP contribution in [-0.4, -0.2) is 54.7 Å². The van der Waals surface area contributed by atoms with Crippen molar-refractivity contribution < 1.29 is 14.7 Å². The Morgan fingerprint density at radius 1 is 1.28 bits per heavy atom. The summed E-state index contributed by atoms with van der Waals surface area (Å²) in [6.07, 6.45) is 0.506. The largest absolute Gasteiger partial charge is 0.481 e. The lowest BCUT2D eigenvalue weighted by Crippen LogP contribution is -2.43. The third-order valence-corrected chi connectivity index (χ3v) is 2.98. The number of urea groups is 1. The summed E-state index contributed by atoms with van der Waals surface area (Å²) < 4.78 is 0. The molecule has 106 valence electrons. The average Bonchev–Trinajstić information content (AvgIpc) is 2.29. The minimum Gasteiger partial charge on any atom is -0.481 e. The SMILES string of the molecule is CCC(CNC(=O)NCCN(C)C(C)C)C(=O)O. The molecule has 0 aliphatic carbocycles. The second-order valence-electron chi connectivity index (χ2n) is 4.65. The lowest BCUT2D eigenvalue weighted by Gasteiger charge is -2.21. The molecule has 0 saturated carbocycles. The van der Waals surface area contributed by atoms with Crippen LogP contribution in [0.1, 0.15) is 27.2 Å². The average molecular weight is 259 g/mol. The maximum atomic E-state index is 11.4. The molecule has 0 spiro atoms. The summed E-state index contributed by atoms with van der Waals surface area (Å²) in [5, 5.41) is 14.1. The number of carbonyl (C=O) groups is 2. The van der Waals surface area contributed by atoms with E-state index in [1.807, 2.05) is 7.05 Å². The zero-order chi connectivity index (χ0) is 14.1. The minimum absolute atomic E-state index is 0.164. The fourth-order valence-corrected chi connectivity index (χ4v) is 1.29. The van der Waals surface area contributed by atoms with Crippen LogP contribution in [-0.2, 0) is 4.79 Å². The Labute approximate surface area is 109 Å². The Kier molecular flexibility index (Phi) is 8.11. The van der Waals surface area contributed by atoms with E-state index >= 15 is 0 Å². The van der Waals surface area contributed by atoms with E-state index in [0.717, 1.165) is 6.54 Å². The quantitative estimate of drug-likeness (QED) is 0.600. The molecule has 0 aromatic carbocycles. The number of nitrogens with one attached hydrogen (secondary N) is 2. The van der Waals surface area contributed by atoms with Crippen molar-refractivity contribution in [3.8, 4) is 0 Å². The van der Waals surface area contributed by atoms with E-state index in [9.17, 15) is 9.59 Å². The van der Waals surface area contributed by atoms with E-state index in [0.29, 0.717) is 19.0 Å². The molecule has 18 heavy (non-hydrogen) atoms. The first-order valence-electron chi connectivity index (χ1n) is 6.33. The molecule has 0 fully saturated rings. The van der Waals surface area contributed by atoms with Gasteiger partial charge >= 0.3 is 12.0 Å². The molecule has 0 heterocycles. The molecule has 0 aliphatic rings. The molecule has 0 radical (unpaired) electrons. The number of hydrogen-bond donors (Lipinski definition) is 3. The van der Waals surface area contributed by atoms with Crippen molar-refractivity contribution in [3.05, 3.63) is 0 Å². The predicted molar refractivity (Wildman–Crippen MR) is 70.6 cm³/mol. The third-order valence-electron chi connectivity index (χ3n) is 2.98. The van der Waals surface area contributed by atoms with Crippen molar-refractivity contribution in [1.82, 2.24) is 15.5 Å². The van der Waals surface area contributed by atoms with E-state index in [1.54, 1.807) is 6.92 Å². The molecule has 1 atom stereocenters. The van der Waals surface area contributed by atoms with Crippen LogP contribution in [0.3, 0.4) is 0 Å². The molecule has 1 unspecified atom stereocenters. The third kappa shape index (κ3) is 7.11. The fraction of sp³-hybridized carbons (Fsp3) is 0.833. The number of carbonyl (C=O) groups excluding carboxylic acids is 1. The van der Waals surface area contributed by atoms with Gasteiger partial charge in [0.05, 0.1) is 5.92 Å². The number of nitrogens with zero attached hydrogens (tertiary/aromatic N) is 1. The molecule has 6 nitrogen and oxygen atoms in total. The molecular weight excluding hydrogens is 234 g/mol. The number of aliphatic carboxylic acids is 1. The Bertz CT molecular complexity index is 269. The number of rotatable bonds is 8. The van der Waals surface area contributed by atoms with E-state index < -0.39 is 11.9 Å². The highest BCUT2D eigenvalue weighted by Gasteiger charge is 2.15. The van der Waals surface area contributed by atoms with E-state index in [1.165, 1.54) is 0 Å². The number of carboxylic acids is 1. The highest BCUT2D eigenvalue weighted by atomic mass is 16.4. The van der Waals surface area contributed by atoms with Crippen LogP contribution in [0.2, 0.25) is 0 Å². The van der Waals surface area contributed by atoms with Crippen LogP contribution in [0, 0.1) is 5.92 Å². The van der Waals surface area contributed by atoms with Crippen molar-refractivity contribution in [2.24, 2.45) is 5.92 Å². The summed E-state index contributed by atoms with van der Waals surface area (Å²) >= 11 is 0. The van der Waals surface area contributed by atoms with Gasteiger partial charge in [0.1, 0.15) is 0 Å². The molecule has 0 aliphatic heterocycles. The fourth-order valence-electron chi connectivity index (χ4n) is 1.29. The Balaban J connectivity index is 3.75. The van der Waals surface area contributed by atoms with Crippen LogP contribution in [0.4, 0.5) is 4.79 Å². The van der Waals surface area contributed by atoms with Crippen LogP contribution < -0.4 is 10.6 Å². The highest BCUT2D eigenvalue weighted by Crippen LogP contribution is 1.99. The Hall–Kier alpha value is -1.30. The maximum Gasteiger partial charge on any atom is 0.314 e. The standard InChI is InChI=1S/C12H25N3O3/c1-5-10(11(16)17)8-14-12(18)13-6-7-15(4)9(2)3/h9-10H,5-8H2,1-4H3,(H,16,17)(H2,13,14,18). The highest BCUT2D eigenvalue weighted by molar-refractivity contribution is 5.75. The van der Waals surface area contributed by atoms with Crippen molar-refractivity contribution >= 4 is 12.0 Å². The molecule has 0 bridgehead atoms. The van der Waals surface area contributed by atoms with Crippen molar-refractivity contribution in [3.63, 3.8) is 0 Å². The van der Waals surface area contributed by atoms with E-state index in [4.69, 9.17) is 5.11 Å².